The number of pyridine rings is 1. The number of halogens is 1. The molecule has 3 amide bonds. The average Bonchev–Trinajstić information content (AvgIpc) is 3.27. The van der Waals surface area contributed by atoms with Crippen molar-refractivity contribution in [1.82, 2.24) is 20.2 Å². The van der Waals surface area contributed by atoms with Gasteiger partial charge in [-0.1, -0.05) is 29.5 Å². The number of urea groups is 1. The van der Waals surface area contributed by atoms with Gasteiger partial charge in [-0.25, -0.2) is 14.2 Å². The van der Waals surface area contributed by atoms with E-state index in [1.54, 1.807) is 35.1 Å². The van der Waals surface area contributed by atoms with Crippen LogP contribution in [0.25, 0.3) is 0 Å². The Labute approximate surface area is 183 Å². The highest BCUT2D eigenvalue weighted by molar-refractivity contribution is 7.17. The van der Waals surface area contributed by atoms with E-state index < -0.39 is 0 Å². The highest BCUT2D eigenvalue weighted by atomic mass is 32.1. The second kappa shape index (κ2) is 8.81. The van der Waals surface area contributed by atoms with E-state index in [2.05, 4.69) is 15.3 Å². The summed E-state index contributed by atoms with van der Waals surface area (Å²) >= 11 is 1.20. The Bertz CT molecular complexity index is 1090. The maximum absolute atomic E-state index is 13.1. The molecule has 9 heteroatoms. The van der Waals surface area contributed by atoms with Gasteiger partial charge >= 0.3 is 6.03 Å². The fourth-order valence-corrected chi connectivity index (χ4v) is 4.56. The average molecular weight is 440 g/mol. The Morgan fingerprint density at radius 2 is 2.03 bits per heavy atom. The summed E-state index contributed by atoms with van der Waals surface area (Å²) in [6, 6.07) is 11.4. The van der Waals surface area contributed by atoms with Crippen molar-refractivity contribution in [3.63, 3.8) is 0 Å². The lowest BCUT2D eigenvalue weighted by molar-refractivity contribution is 0.0953. The molecule has 1 unspecified atom stereocenters. The number of nitrogens with one attached hydrogen (secondary N) is 1. The van der Waals surface area contributed by atoms with Gasteiger partial charge in [0.15, 0.2) is 5.13 Å². The largest absolute Gasteiger partial charge is 0.346 e. The highest BCUT2D eigenvalue weighted by Gasteiger charge is 2.37. The highest BCUT2D eigenvalue weighted by Crippen LogP contribution is 2.32. The van der Waals surface area contributed by atoms with Gasteiger partial charge in [0.1, 0.15) is 10.7 Å². The number of benzene rings is 1. The molecular formula is C22H22FN5O2S. The first-order valence-corrected chi connectivity index (χ1v) is 10.7. The fraction of sp³-hybridized carbons (Fsp3) is 0.273. The van der Waals surface area contributed by atoms with Gasteiger partial charge in [0.2, 0.25) is 0 Å². The summed E-state index contributed by atoms with van der Waals surface area (Å²) in [7, 11) is 0. The summed E-state index contributed by atoms with van der Waals surface area (Å²) in [6.45, 7) is 4.94. The lowest BCUT2D eigenvalue weighted by Crippen LogP contribution is -2.33. The van der Waals surface area contributed by atoms with Gasteiger partial charge in [0, 0.05) is 19.3 Å². The van der Waals surface area contributed by atoms with Gasteiger partial charge in [0.25, 0.3) is 5.91 Å². The Hall–Kier alpha value is -3.33. The molecule has 0 saturated carbocycles. The molecule has 0 aliphatic carbocycles. The first-order valence-electron chi connectivity index (χ1n) is 9.90. The number of amides is 3. The Kier molecular flexibility index (Phi) is 5.94. The van der Waals surface area contributed by atoms with Crippen LogP contribution in [0.5, 0.6) is 0 Å². The Morgan fingerprint density at radius 3 is 2.74 bits per heavy atom. The number of anilines is 1. The smallest absolute Gasteiger partial charge is 0.326 e. The third-order valence-corrected chi connectivity index (χ3v) is 6.20. The number of hydrogen-bond acceptors (Lipinski definition) is 5. The van der Waals surface area contributed by atoms with Crippen molar-refractivity contribution in [1.29, 1.82) is 0 Å². The summed E-state index contributed by atoms with van der Waals surface area (Å²) in [5, 5.41) is 3.35. The molecule has 0 bridgehead atoms. The van der Waals surface area contributed by atoms with E-state index in [0.717, 1.165) is 11.3 Å². The van der Waals surface area contributed by atoms with Crippen LogP contribution in [0.2, 0.25) is 0 Å². The van der Waals surface area contributed by atoms with Crippen molar-refractivity contribution in [3.8, 4) is 0 Å². The molecule has 0 spiro atoms. The number of rotatable bonds is 6. The minimum Gasteiger partial charge on any atom is -0.346 e. The number of thiazole rings is 1. The summed E-state index contributed by atoms with van der Waals surface area (Å²) in [5.41, 5.74) is 2.20. The summed E-state index contributed by atoms with van der Waals surface area (Å²) in [6.07, 6.45) is 1.68. The standard InChI is InChI=1S/C22H22FN5O2S/c1-14-12-27(13-16-6-8-17(23)9-7-16)22(30)28(14)21-26-15(2)19(31-21)20(29)25-11-18-5-3-4-10-24-18/h3-10,14H,11-13H2,1-2H3,(H,25,29). The zero-order valence-corrected chi connectivity index (χ0v) is 18.0. The van der Waals surface area contributed by atoms with Gasteiger partial charge in [-0.05, 0) is 43.7 Å². The molecule has 0 radical (unpaired) electrons. The number of carbonyl (C=O) groups is 2. The van der Waals surface area contributed by atoms with E-state index in [9.17, 15) is 14.0 Å². The molecule has 160 valence electrons. The molecule has 4 rings (SSSR count). The van der Waals surface area contributed by atoms with Crippen LogP contribution >= 0.6 is 11.3 Å². The molecule has 7 nitrogen and oxygen atoms in total. The van der Waals surface area contributed by atoms with Gasteiger partial charge < -0.3 is 10.2 Å². The maximum Gasteiger partial charge on any atom is 0.326 e. The number of aryl methyl sites for hydroxylation is 1. The van der Waals surface area contributed by atoms with Crippen LogP contribution in [0.1, 0.15) is 33.5 Å². The zero-order valence-electron chi connectivity index (χ0n) is 17.2. The molecule has 1 aromatic carbocycles. The minimum absolute atomic E-state index is 0.0945. The third-order valence-electron chi connectivity index (χ3n) is 5.04. The quantitative estimate of drug-likeness (QED) is 0.635. The lowest BCUT2D eigenvalue weighted by atomic mass is 10.2. The summed E-state index contributed by atoms with van der Waals surface area (Å²) < 4.78 is 13.1. The summed E-state index contributed by atoms with van der Waals surface area (Å²) in [4.78, 5) is 38.2. The van der Waals surface area contributed by atoms with Crippen LogP contribution in [0.4, 0.5) is 14.3 Å². The minimum atomic E-state index is -0.307. The van der Waals surface area contributed by atoms with Gasteiger partial charge in [0.05, 0.1) is 24.0 Å². The Balaban J connectivity index is 1.46. The molecule has 1 fully saturated rings. The van der Waals surface area contributed by atoms with Crippen LogP contribution in [0.15, 0.2) is 48.7 Å². The molecule has 1 aliphatic heterocycles. The monoisotopic (exact) mass is 439 g/mol. The van der Waals surface area contributed by atoms with Gasteiger partial charge in [-0.3, -0.25) is 14.7 Å². The molecule has 31 heavy (non-hydrogen) atoms. The molecule has 3 heterocycles. The van der Waals surface area contributed by atoms with E-state index >= 15 is 0 Å². The van der Waals surface area contributed by atoms with E-state index in [1.807, 2.05) is 25.1 Å². The third kappa shape index (κ3) is 4.56. The zero-order chi connectivity index (χ0) is 22.0. The first-order chi connectivity index (χ1) is 14.9. The maximum atomic E-state index is 13.1. The van der Waals surface area contributed by atoms with Crippen molar-refractivity contribution in [2.75, 3.05) is 11.4 Å². The van der Waals surface area contributed by atoms with Crippen LogP contribution in [-0.4, -0.2) is 39.4 Å². The second-order valence-corrected chi connectivity index (χ2v) is 8.40. The molecule has 1 aliphatic rings. The van der Waals surface area contributed by atoms with E-state index in [4.69, 9.17) is 0 Å². The number of aromatic nitrogens is 2. The van der Waals surface area contributed by atoms with Crippen LogP contribution in [0, 0.1) is 12.7 Å². The van der Waals surface area contributed by atoms with Crippen molar-refractivity contribution in [2.24, 2.45) is 0 Å². The fourth-order valence-electron chi connectivity index (χ4n) is 3.48. The molecule has 1 saturated heterocycles. The molecule has 1 atom stereocenters. The Morgan fingerprint density at radius 1 is 1.26 bits per heavy atom. The SMILES string of the molecule is Cc1nc(N2C(=O)N(Cc3ccc(F)cc3)CC2C)sc1C(=O)NCc1ccccn1. The number of carbonyl (C=O) groups excluding carboxylic acids is 2. The molecular weight excluding hydrogens is 417 g/mol. The van der Waals surface area contributed by atoms with Crippen molar-refractivity contribution in [2.45, 2.75) is 33.0 Å². The predicted molar refractivity (Wildman–Crippen MR) is 116 cm³/mol. The van der Waals surface area contributed by atoms with Crippen LogP contribution in [-0.2, 0) is 13.1 Å². The van der Waals surface area contributed by atoms with E-state index in [0.29, 0.717) is 35.3 Å². The van der Waals surface area contributed by atoms with E-state index in [-0.39, 0.29) is 23.8 Å². The van der Waals surface area contributed by atoms with Crippen molar-refractivity contribution >= 4 is 28.4 Å². The predicted octanol–water partition coefficient (Wildman–Crippen LogP) is 3.75. The number of hydrogen-bond donors (Lipinski definition) is 1. The molecule has 2 aromatic heterocycles. The van der Waals surface area contributed by atoms with Gasteiger partial charge in [-0.2, -0.15) is 0 Å². The second-order valence-electron chi connectivity index (χ2n) is 7.42. The first kappa shape index (κ1) is 20.9. The molecule has 1 N–H and O–H groups in total. The summed E-state index contributed by atoms with van der Waals surface area (Å²) in [5.74, 6) is -0.548. The topological polar surface area (TPSA) is 78.4 Å². The van der Waals surface area contributed by atoms with Gasteiger partial charge in [-0.15, -0.1) is 0 Å². The molecule has 3 aromatic rings. The van der Waals surface area contributed by atoms with Crippen molar-refractivity contribution < 1.29 is 14.0 Å². The lowest BCUT2D eigenvalue weighted by Gasteiger charge is -2.17. The van der Waals surface area contributed by atoms with Crippen LogP contribution in [0.3, 0.4) is 0 Å². The van der Waals surface area contributed by atoms with Crippen LogP contribution < -0.4 is 10.2 Å². The van der Waals surface area contributed by atoms with E-state index in [1.165, 1.54) is 23.5 Å². The van der Waals surface area contributed by atoms with Crippen molar-refractivity contribution in [3.05, 3.63) is 76.3 Å². The number of nitrogens with zero attached hydrogens (tertiary/aromatic N) is 4. The normalized spacial score (nSPS) is 16.1.